The van der Waals surface area contributed by atoms with Gasteiger partial charge in [-0.15, -0.1) is 0 Å². The van der Waals surface area contributed by atoms with Crippen LogP contribution in [-0.2, 0) is 20.9 Å². The molecule has 3 amide bonds. The van der Waals surface area contributed by atoms with Crippen LogP contribution in [-0.4, -0.2) is 41.0 Å². The van der Waals surface area contributed by atoms with Gasteiger partial charge in [-0.2, -0.15) is 0 Å². The molecule has 0 spiro atoms. The number of rotatable bonds is 11. The Morgan fingerprint density at radius 2 is 1.66 bits per heavy atom. The first kappa shape index (κ1) is 30.9. The van der Waals surface area contributed by atoms with Crippen LogP contribution in [0.25, 0.3) is 0 Å². The highest BCUT2D eigenvalue weighted by Gasteiger charge is 2.37. The SMILES string of the molecule is CCCCN(C(=O)C(NC(=O)OC(C)(C)C)C(C)C)C(C(=O)NCc1ccccc1)c1ccc(C)cc1C. The van der Waals surface area contributed by atoms with E-state index >= 15 is 0 Å². The highest BCUT2D eigenvalue weighted by molar-refractivity contribution is 5.92. The fraction of sp³-hybridized carbons (Fsp3) is 0.516. The lowest BCUT2D eigenvalue weighted by Gasteiger charge is -2.36. The number of benzene rings is 2. The molecule has 7 heteroatoms. The zero-order valence-corrected chi connectivity index (χ0v) is 24.3. The number of carbonyl (C=O) groups is 3. The van der Waals surface area contributed by atoms with Crippen LogP contribution in [0.4, 0.5) is 4.79 Å². The molecule has 0 aliphatic carbocycles. The number of carbonyl (C=O) groups excluding carboxylic acids is 3. The second kappa shape index (κ2) is 14.0. The molecule has 2 aromatic carbocycles. The molecule has 2 atom stereocenters. The maximum Gasteiger partial charge on any atom is 0.408 e. The summed E-state index contributed by atoms with van der Waals surface area (Å²) in [5.74, 6) is -0.782. The van der Waals surface area contributed by atoms with Crippen molar-refractivity contribution in [2.75, 3.05) is 6.54 Å². The smallest absolute Gasteiger partial charge is 0.408 e. The van der Waals surface area contributed by atoms with Crippen LogP contribution in [0.1, 0.15) is 82.7 Å². The highest BCUT2D eigenvalue weighted by Crippen LogP contribution is 2.28. The summed E-state index contributed by atoms with van der Waals surface area (Å²) in [4.78, 5) is 42.3. The number of hydrogen-bond acceptors (Lipinski definition) is 4. The monoisotopic (exact) mass is 523 g/mol. The molecule has 2 aromatic rings. The third-order valence-corrected chi connectivity index (χ3v) is 6.23. The van der Waals surface area contributed by atoms with Gasteiger partial charge < -0.3 is 20.3 Å². The molecule has 0 aromatic heterocycles. The third-order valence-electron chi connectivity index (χ3n) is 6.23. The predicted molar refractivity (Wildman–Crippen MR) is 152 cm³/mol. The molecule has 0 heterocycles. The van der Waals surface area contributed by atoms with Crippen molar-refractivity contribution in [1.82, 2.24) is 15.5 Å². The molecule has 2 N–H and O–H groups in total. The summed E-state index contributed by atoms with van der Waals surface area (Å²) in [5.41, 5.74) is 3.05. The van der Waals surface area contributed by atoms with Gasteiger partial charge in [-0.05, 0) is 63.6 Å². The first-order valence-corrected chi connectivity index (χ1v) is 13.5. The molecule has 0 saturated carbocycles. The first-order valence-electron chi connectivity index (χ1n) is 13.5. The van der Waals surface area contributed by atoms with Gasteiger partial charge in [0.2, 0.25) is 11.8 Å². The predicted octanol–water partition coefficient (Wildman–Crippen LogP) is 5.84. The van der Waals surface area contributed by atoms with Gasteiger partial charge in [-0.1, -0.05) is 81.3 Å². The Morgan fingerprint density at radius 1 is 1.00 bits per heavy atom. The molecule has 2 rings (SSSR count). The van der Waals surface area contributed by atoms with E-state index in [0.29, 0.717) is 13.1 Å². The molecule has 0 radical (unpaired) electrons. The number of aryl methyl sites for hydroxylation is 2. The average molecular weight is 524 g/mol. The van der Waals surface area contributed by atoms with Gasteiger partial charge in [-0.3, -0.25) is 9.59 Å². The Labute approximate surface area is 228 Å². The summed E-state index contributed by atoms with van der Waals surface area (Å²) in [7, 11) is 0. The molecule has 38 heavy (non-hydrogen) atoms. The van der Waals surface area contributed by atoms with E-state index in [0.717, 1.165) is 35.1 Å². The van der Waals surface area contributed by atoms with E-state index < -0.39 is 23.8 Å². The van der Waals surface area contributed by atoms with E-state index in [4.69, 9.17) is 4.74 Å². The summed E-state index contributed by atoms with van der Waals surface area (Å²) in [6, 6.07) is 13.9. The van der Waals surface area contributed by atoms with Crippen molar-refractivity contribution in [1.29, 1.82) is 0 Å². The standard InChI is InChI=1S/C31H45N3O4/c1-9-10-18-34(29(36)26(21(2)3)33-30(37)38-31(6,7)8)27(25-17-16-22(4)19-23(25)5)28(35)32-20-24-14-12-11-13-15-24/h11-17,19,21,26-27H,9-10,18,20H2,1-8H3,(H,32,35)(H,33,37). The van der Waals surface area contributed by atoms with Crippen LogP contribution in [0.5, 0.6) is 0 Å². The molecule has 0 bridgehead atoms. The average Bonchev–Trinajstić information content (AvgIpc) is 2.83. The van der Waals surface area contributed by atoms with Gasteiger partial charge in [0, 0.05) is 13.1 Å². The number of hydrogen-bond donors (Lipinski definition) is 2. The maximum atomic E-state index is 14.1. The lowest BCUT2D eigenvalue weighted by Crippen LogP contribution is -2.55. The summed E-state index contributed by atoms with van der Waals surface area (Å²) in [5, 5.41) is 5.82. The molecule has 0 aliphatic rings. The second-order valence-corrected chi connectivity index (χ2v) is 11.2. The molecular formula is C31H45N3O4. The normalized spacial score (nSPS) is 13.0. The van der Waals surface area contributed by atoms with Crippen LogP contribution in [0.15, 0.2) is 48.5 Å². The Balaban J connectivity index is 2.49. The number of ether oxygens (including phenoxy) is 1. The summed E-state index contributed by atoms with van der Waals surface area (Å²) in [6.07, 6.45) is 0.911. The number of alkyl carbamates (subject to hydrolysis) is 1. The minimum atomic E-state index is -0.850. The third kappa shape index (κ3) is 9.19. The number of nitrogens with zero attached hydrogens (tertiary/aromatic N) is 1. The van der Waals surface area contributed by atoms with Gasteiger partial charge >= 0.3 is 6.09 Å². The fourth-order valence-electron chi connectivity index (χ4n) is 4.29. The van der Waals surface area contributed by atoms with Gasteiger partial charge in [0.15, 0.2) is 0 Å². The van der Waals surface area contributed by atoms with Crippen molar-refractivity contribution in [2.24, 2.45) is 5.92 Å². The van der Waals surface area contributed by atoms with E-state index in [1.807, 2.05) is 83.1 Å². The van der Waals surface area contributed by atoms with Crippen LogP contribution >= 0.6 is 0 Å². The first-order chi connectivity index (χ1) is 17.8. The number of unbranched alkanes of at least 4 members (excludes halogenated alkanes) is 1. The van der Waals surface area contributed by atoms with E-state index in [-0.39, 0.29) is 17.7 Å². The summed E-state index contributed by atoms with van der Waals surface area (Å²) in [6.45, 7) is 15.8. The number of amides is 3. The molecule has 2 unspecified atom stereocenters. The van der Waals surface area contributed by atoms with Crippen LogP contribution in [0, 0.1) is 19.8 Å². The minimum absolute atomic E-state index is 0.216. The molecule has 0 aliphatic heterocycles. The van der Waals surface area contributed by atoms with Crippen LogP contribution in [0.3, 0.4) is 0 Å². The Morgan fingerprint density at radius 3 is 2.21 bits per heavy atom. The Kier molecular flexibility index (Phi) is 11.4. The van der Waals surface area contributed by atoms with Gasteiger partial charge in [0.1, 0.15) is 17.7 Å². The molecule has 0 fully saturated rings. The molecule has 208 valence electrons. The van der Waals surface area contributed by atoms with Crippen molar-refractivity contribution in [3.8, 4) is 0 Å². The minimum Gasteiger partial charge on any atom is -0.444 e. The van der Waals surface area contributed by atoms with Crippen molar-refractivity contribution < 1.29 is 19.1 Å². The fourth-order valence-corrected chi connectivity index (χ4v) is 4.29. The molecular weight excluding hydrogens is 478 g/mol. The van der Waals surface area contributed by atoms with Crippen molar-refractivity contribution in [3.05, 3.63) is 70.8 Å². The maximum absolute atomic E-state index is 14.1. The van der Waals surface area contributed by atoms with Gasteiger partial charge in [0.05, 0.1) is 0 Å². The van der Waals surface area contributed by atoms with Crippen molar-refractivity contribution in [2.45, 2.75) is 92.5 Å². The van der Waals surface area contributed by atoms with E-state index in [1.165, 1.54) is 0 Å². The molecule has 0 saturated heterocycles. The second-order valence-electron chi connectivity index (χ2n) is 11.2. The lowest BCUT2D eigenvalue weighted by atomic mass is 9.94. The van der Waals surface area contributed by atoms with Crippen molar-refractivity contribution >= 4 is 17.9 Å². The highest BCUT2D eigenvalue weighted by atomic mass is 16.6. The van der Waals surface area contributed by atoms with Crippen LogP contribution in [0.2, 0.25) is 0 Å². The van der Waals surface area contributed by atoms with E-state index in [1.54, 1.807) is 25.7 Å². The zero-order chi connectivity index (χ0) is 28.5. The van der Waals surface area contributed by atoms with Gasteiger partial charge in [-0.25, -0.2) is 4.79 Å². The summed E-state index contributed by atoms with van der Waals surface area (Å²) < 4.78 is 5.44. The topological polar surface area (TPSA) is 87.7 Å². The van der Waals surface area contributed by atoms with Crippen LogP contribution < -0.4 is 10.6 Å². The summed E-state index contributed by atoms with van der Waals surface area (Å²) >= 11 is 0. The molecule has 7 nitrogen and oxygen atoms in total. The lowest BCUT2D eigenvalue weighted by molar-refractivity contribution is -0.143. The van der Waals surface area contributed by atoms with E-state index in [9.17, 15) is 14.4 Å². The van der Waals surface area contributed by atoms with Crippen molar-refractivity contribution in [3.63, 3.8) is 0 Å². The Bertz CT molecular complexity index is 1080. The quantitative estimate of drug-likeness (QED) is 0.387. The van der Waals surface area contributed by atoms with E-state index in [2.05, 4.69) is 10.6 Å². The largest absolute Gasteiger partial charge is 0.444 e. The van der Waals surface area contributed by atoms with Gasteiger partial charge in [0.25, 0.3) is 0 Å². The number of nitrogens with one attached hydrogen (secondary N) is 2. The zero-order valence-electron chi connectivity index (χ0n) is 24.3. The Hall–Kier alpha value is -3.35.